The molecule has 24 heavy (non-hydrogen) atoms. The average molecular weight is 342 g/mol. The number of carbonyl (C=O) groups excluding carboxylic acids is 3. The summed E-state index contributed by atoms with van der Waals surface area (Å²) < 4.78 is 9.82. The minimum Gasteiger partial charge on any atom is -0.467 e. The van der Waals surface area contributed by atoms with Crippen LogP contribution in [0.5, 0.6) is 0 Å². The molecule has 0 spiro atoms. The van der Waals surface area contributed by atoms with Gasteiger partial charge in [-0.25, -0.2) is 9.59 Å². The van der Waals surface area contributed by atoms with Crippen LogP contribution in [0.2, 0.25) is 0 Å². The van der Waals surface area contributed by atoms with Crippen LogP contribution in [-0.2, 0) is 19.1 Å². The topological polar surface area (TPSA) is 105 Å². The molecule has 0 saturated carbocycles. The highest BCUT2D eigenvalue weighted by Crippen LogP contribution is 2.21. The molecule has 1 aliphatic heterocycles. The second kappa shape index (κ2) is 8.14. The van der Waals surface area contributed by atoms with E-state index >= 15 is 0 Å². The van der Waals surface area contributed by atoms with E-state index in [1.807, 2.05) is 0 Å². The van der Waals surface area contributed by atoms with Crippen LogP contribution < -0.4 is 5.32 Å². The van der Waals surface area contributed by atoms with Gasteiger partial charge in [-0.1, -0.05) is 6.08 Å². The van der Waals surface area contributed by atoms with Crippen LogP contribution in [0.4, 0.5) is 4.79 Å². The van der Waals surface area contributed by atoms with Gasteiger partial charge in [0.25, 0.3) is 0 Å². The Bertz CT molecular complexity index is 499. The van der Waals surface area contributed by atoms with Crippen LogP contribution in [-0.4, -0.2) is 65.4 Å². The van der Waals surface area contributed by atoms with Gasteiger partial charge in [0.05, 0.1) is 13.2 Å². The van der Waals surface area contributed by atoms with Gasteiger partial charge in [-0.15, -0.1) is 6.58 Å². The number of alkyl carbamates (subject to hydrolysis) is 1. The van der Waals surface area contributed by atoms with Crippen molar-refractivity contribution < 1.29 is 29.0 Å². The lowest BCUT2D eigenvalue weighted by Gasteiger charge is -2.28. The number of esters is 1. The predicted molar refractivity (Wildman–Crippen MR) is 86.1 cm³/mol. The van der Waals surface area contributed by atoms with Gasteiger partial charge in [-0.3, -0.25) is 4.79 Å². The van der Waals surface area contributed by atoms with Crippen molar-refractivity contribution in [2.24, 2.45) is 0 Å². The predicted octanol–water partition coefficient (Wildman–Crippen LogP) is 0.591. The summed E-state index contributed by atoms with van der Waals surface area (Å²) in [6.07, 6.45) is 0.199. The monoisotopic (exact) mass is 342 g/mol. The fourth-order valence-corrected chi connectivity index (χ4v) is 2.45. The Morgan fingerprint density at radius 2 is 2.04 bits per heavy atom. The normalized spacial score (nSPS) is 21.8. The van der Waals surface area contributed by atoms with Gasteiger partial charge in [0.15, 0.2) is 0 Å². The molecule has 1 saturated heterocycles. The minimum atomic E-state index is -0.935. The van der Waals surface area contributed by atoms with Gasteiger partial charge < -0.3 is 24.8 Å². The Labute approximate surface area is 141 Å². The zero-order valence-corrected chi connectivity index (χ0v) is 14.6. The molecule has 1 fully saturated rings. The molecule has 0 radical (unpaired) electrons. The van der Waals surface area contributed by atoms with E-state index in [9.17, 15) is 19.5 Å². The van der Waals surface area contributed by atoms with Crippen molar-refractivity contribution in [2.75, 3.05) is 13.7 Å². The second-order valence-corrected chi connectivity index (χ2v) is 6.64. The number of nitrogens with one attached hydrogen (secondary N) is 1. The molecule has 2 N–H and O–H groups in total. The van der Waals surface area contributed by atoms with Gasteiger partial charge in [0.2, 0.25) is 5.91 Å². The Morgan fingerprint density at radius 3 is 2.54 bits per heavy atom. The van der Waals surface area contributed by atoms with Gasteiger partial charge in [-0.05, 0) is 27.2 Å². The Balaban J connectivity index is 2.86. The van der Waals surface area contributed by atoms with Crippen LogP contribution in [0.15, 0.2) is 12.7 Å². The first-order valence-electron chi connectivity index (χ1n) is 7.75. The highest BCUT2D eigenvalue weighted by atomic mass is 16.6. The maximum absolute atomic E-state index is 12.7. The first-order chi connectivity index (χ1) is 11.1. The number of aliphatic hydroxyl groups excluding tert-OH is 1. The molecule has 1 heterocycles. The van der Waals surface area contributed by atoms with Crippen molar-refractivity contribution in [2.45, 2.75) is 57.4 Å². The molecular formula is C16H26N2O6. The highest BCUT2D eigenvalue weighted by Gasteiger charge is 2.42. The van der Waals surface area contributed by atoms with E-state index in [2.05, 4.69) is 16.6 Å². The van der Waals surface area contributed by atoms with Crippen molar-refractivity contribution in [3.63, 3.8) is 0 Å². The van der Waals surface area contributed by atoms with E-state index in [0.717, 1.165) is 0 Å². The summed E-state index contributed by atoms with van der Waals surface area (Å²) in [6.45, 7) is 8.70. The Hall–Kier alpha value is -2.09. The van der Waals surface area contributed by atoms with Crippen molar-refractivity contribution in [1.82, 2.24) is 10.2 Å². The number of ether oxygens (including phenoxy) is 2. The van der Waals surface area contributed by atoms with Crippen molar-refractivity contribution in [3.05, 3.63) is 12.7 Å². The minimum absolute atomic E-state index is 0.00222. The van der Waals surface area contributed by atoms with Crippen LogP contribution >= 0.6 is 0 Å². The third kappa shape index (κ3) is 5.52. The highest BCUT2D eigenvalue weighted by molar-refractivity contribution is 5.90. The number of rotatable bonds is 5. The first-order valence-corrected chi connectivity index (χ1v) is 7.75. The largest absolute Gasteiger partial charge is 0.467 e. The first kappa shape index (κ1) is 20.0. The molecule has 2 amide bonds. The lowest BCUT2D eigenvalue weighted by molar-refractivity contribution is -0.151. The number of hydrogen-bond acceptors (Lipinski definition) is 6. The summed E-state index contributed by atoms with van der Waals surface area (Å²) in [5, 5.41) is 12.3. The summed E-state index contributed by atoms with van der Waals surface area (Å²) in [6, 6.07) is -1.81. The molecule has 1 rings (SSSR count). The summed E-state index contributed by atoms with van der Waals surface area (Å²) in [7, 11) is 1.22. The van der Waals surface area contributed by atoms with E-state index in [1.165, 1.54) is 18.1 Å². The summed E-state index contributed by atoms with van der Waals surface area (Å²) >= 11 is 0. The molecule has 1 aliphatic rings. The SMILES string of the molecule is C=CC[C@H](NC(=O)OC(C)(C)C)C(=O)N1C[C@@H](O)C[C@H]1C(=O)OC. The van der Waals surface area contributed by atoms with Crippen molar-refractivity contribution >= 4 is 18.0 Å². The van der Waals surface area contributed by atoms with Gasteiger partial charge in [-0.2, -0.15) is 0 Å². The number of methoxy groups -OCH3 is 1. The molecule has 8 nitrogen and oxygen atoms in total. The van der Waals surface area contributed by atoms with Crippen molar-refractivity contribution in [3.8, 4) is 0 Å². The third-order valence-corrected chi connectivity index (χ3v) is 3.43. The van der Waals surface area contributed by atoms with Gasteiger partial charge in [0, 0.05) is 13.0 Å². The van der Waals surface area contributed by atoms with Gasteiger partial charge in [0.1, 0.15) is 17.7 Å². The standard InChI is InChI=1S/C16H26N2O6/c1-6-7-11(17-15(22)24-16(2,3)4)13(20)18-9-10(19)8-12(18)14(21)23-5/h6,10-12,19H,1,7-9H2,2-5H3,(H,17,22)/t10-,11-,12-/m0/s1. The summed E-state index contributed by atoms with van der Waals surface area (Å²) in [5.74, 6) is -1.10. The zero-order chi connectivity index (χ0) is 18.5. The number of aliphatic hydroxyl groups is 1. The number of nitrogens with zero attached hydrogens (tertiary/aromatic N) is 1. The number of β-amino-alcohol motifs (C(OH)–C–C–N with tert-alkyl or cyclic N) is 1. The molecule has 0 aliphatic carbocycles. The summed E-state index contributed by atoms with van der Waals surface area (Å²) in [5.41, 5.74) is -0.704. The second-order valence-electron chi connectivity index (χ2n) is 6.64. The smallest absolute Gasteiger partial charge is 0.408 e. The fourth-order valence-electron chi connectivity index (χ4n) is 2.45. The summed E-state index contributed by atoms with van der Waals surface area (Å²) in [4.78, 5) is 37.7. The molecule has 0 aromatic heterocycles. The van der Waals surface area contributed by atoms with E-state index in [0.29, 0.717) is 0 Å². The Morgan fingerprint density at radius 1 is 1.42 bits per heavy atom. The molecule has 8 heteroatoms. The third-order valence-electron chi connectivity index (χ3n) is 3.43. The number of amides is 2. The molecule has 136 valence electrons. The van der Waals surface area contributed by atoms with E-state index in [4.69, 9.17) is 4.74 Å². The van der Waals surface area contributed by atoms with Crippen LogP contribution in [0.25, 0.3) is 0 Å². The average Bonchev–Trinajstić information content (AvgIpc) is 2.85. The number of likely N-dealkylation sites (tertiary alicyclic amines) is 1. The lowest BCUT2D eigenvalue weighted by Crippen LogP contribution is -2.52. The molecule has 0 aromatic carbocycles. The fraction of sp³-hybridized carbons (Fsp3) is 0.688. The zero-order valence-electron chi connectivity index (χ0n) is 14.6. The molecule has 3 atom stereocenters. The maximum Gasteiger partial charge on any atom is 0.408 e. The van der Waals surface area contributed by atoms with Gasteiger partial charge >= 0.3 is 12.1 Å². The van der Waals surface area contributed by atoms with Crippen LogP contribution in [0, 0.1) is 0 Å². The van der Waals surface area contributed by atoms with Crippen LogP contribution in [0.3, 0.4) is 0 Å². The van der Waals surface area contributed by atoms with E-state index < -0.39 is 41.8 Å². The molecule has 0 unspecified atom stereocenters. The molecule has 0 aromatic rings. The maximum atomic E-state index is 12.7. The van der Waals surface area contributed by atoms with E-state index in [-0.39, 0.29) is 19.4 Å². The van der Waals surface area contributed by atoms with Crippen molar-refractivity contribution in [1.29, 1.82) is 0 Å². The lowest BCUT2D eigenvalue weighted by atomic mass is 10.1. The van der Waals surface area contributed by atoms with Crippen LogP contribution in [0.1, 0.15) is 33.6 Å². The number of hydrogen-bond donors (Lipinski definition) is 2. The van der Waals surface area contributed by atoms with E-state index in [1.54, 1.807) is 20.8 Å². The molecule has 0 bridgehead atoms. The quantitative estimate of drug-likeness (QED) is 0.560. The number of carbonyl (C=O) groups is 3. The molecular weight excluding hydrogens is 316 g/mol. The Kier molecular flexibility index (Phi) is 6.77.